The van der Waals surface area contributed by atoms with Gasteiger partial charge in [0, 0.05) is 63.4 Å². The summed E-state index contributed by atoms with van der Waals surface area (Å²) in [5.74, 6) is 1.07. The summed E-state index contributed by atoms with van der Waals surface area (Å²) in [6, 6.07) is 6.04. The number of likely N-dealkylation sites (tertiary alicyclic amines) is 1. The molecule has 2 bridgehead atoms. The molecular weight excluding hydrogens is 380 g/mol. The Labute approximate surface area is 178 Å². The van der Waals surface area contributed by atoms with Crippen molar-refractivity contribution >= 4 is 11.8 Å². The molecule has 0 aromatic carbocycles. The van der Waals surface area contributed by atoms with Gasteiger partial charge in [-0.05, 0) is 50.6 Å². The van der Waals surface area contributed by atoms with E-state index in [9.17, 15) is 14.4 Å². The van der Waals surface area contributed by atoms with Crippen molar-refractivity contribution in [2.24, 2.45) is 11.8 Å². The average molecular weight is 415 g/mol. The van der Waals surface area contributed by atoms with Gasteiger partial charge in [0.15, 0.2) is 0 Å². The second-order valence-corrected chi connectivity index (χ2v) is 9.27. The minimum atomic E-state index is -0.0495. The molecule has 0 unspecified atom stereocenters. The Kier molecular flexibility index (Phi) is 6.27. The molecule has 7 nitrogen and oxygen atoms in total. The summed E-state index contributed by atoms with van der Waals surface area (Å²) in [5, 5.41) is 3.03. The number of carbonyl (C=O) groups excluding carboxylic acids is 2. The topological polar surface area (TPSA) is 74.6 Å². The molecule has 3 aliphatic rings. The standard InChI is InChI=1S/C23H34N4O3/c1-16-6-5-8-23(30)26(16)11-9-22(29)25-14-18-12-19(15-25)21(13-24-17(2)28)27-10-4-3-7-20(18)27/h5-6,8,18-21H,3-4,7,9-15H2,1-2H3,(H,24,28)/t18-,19+,20+,21+/m1/s1. The first-order valence-electron chi connectivity index (χ1n) is 11.4. The lowest BCUT2D eigenvalue weighted by Gasteiger charge is -2.56. The van der Waals surface area contributed by atoms with Crippen LogP contribution in [0.1, 0.15) is 44.7 Å². The summed E-state index contributed by atoms with van der Waals surface area (Å²) < 4.78 is 1.69. The predicted octanol–water partition coefficient (Wildman–Crippen LogP) is 1.38. The van der Waals surface area contributed by atoms with E-state index in [-0.39, 0.29) is 17.4 Å². The first-order chi connectivity index (χ1) is 14.4. The fraction of sp³-hybridized carbons (Fsp3) is 0.696. The lowest BCUT2D eigenvalue weighted by Crippen LogP contribution is -2.66. The number of rotatable bonds is 5. The van der Waals surface area contributed by atoms with Gasteiger partial charge in [0.05, 0.1) is 0 Å². The molecule has 1 aromatic rings. The quantitative estimate of drug-likeness (QED) is 0.790. The Bertz CT molecular complexity index is 851. The highest BCUT2D eigenvalue weighted by molar-refractivity contribution is 5.76. The zero-order valence-corrected chi connectivity index (χ0v) is 18.2. The Balaban J connectivity index is 1.45. The van der Waals surface area contributed by atoms with Crippen molar-refractivity contribution in [1.82, 2.24) is 19.7 Å². The number of fused-ring (bicyclic) bond motifs is 4. The summed E-state index contributed by atoms with van der Waals surface area (Å²) in [7, 11) is 0. The second-order valence-electron chi connectivity index (χ2n) is 9.27. The van der Waals surface area contributed by atoms with Gasteiger partial charge in [-0.15, -0.1) is 0 Å². The summed E-state index contributed by atoms with van der Waals surface area (Å²) >= 11 is 0. The largest absolute Gasteiger partial charge is 0.355 e. The highest BCUT2D eigenvalue weighted by atomic mass is 16.2. The minimum absolute atomic E-state index is 0.0121. The van der Waals surface area contributed by atoms with Crippen molar-refractivity contribution in [3.63, 3.8) is 0 Å². The molecule has 4 rings (SSSR count). The molecule has 4 atom stereocenters. The van der Waals surface area contributed by atoms with Crippen LogP contribution in [0.5, 0.6) is 0 Å². The molecule has 1 aromatic heterocycles. The van der Waals surface area contributed by atoms with Crippen molar-refractivity contribution in [2.45, 2.75) is 64.6 Å². The molecule has 3 saturated heterocycles. The first-order valence-corrected chi connectivity index (χ1v) is 11.4. The van der Waals surface area contributed by atoms with E-state index in [1.54, 1.807) is 23.6 Å². The van der Waals surface area contributed by atoms with Gasteiger partial charge in [-0.2, -0.15) is 0 Å². The molecule has 30 heavy (non-hydrogen) atoms. The van der Waals surface area contributed by atoms with E-state index in [2.05, 4.69) is 10.2 Å². The number of nitrogens with zero attached hydrogens (tertiary/aromatic N) is 3. The Morgan fingerprint density at radius 2 is 1.97 bits per heavy atom. The van der Waals surface area contributed by atoms with Gasteiger partial charge in [0.2, 0.25) is 11.8 Å². The monoisotopic (exact) mass is 414 g/mol. The van der Waals surface area contributed by atoms with E-state index >= 15 is 0 Å². The van der Waals surface area contributed by atoms with Gasteiger partial charge in [0.1, 0.15) is 0 Å². The van der Waals surface area contributed by atoms with Gasteiger partial charge in [-0.3, -0.25) is 19.3 Å². The van der Waals surface area contributed by atoms with Crippen molar-refractivity contribution in [1.29, 1.82) is 0 Å². The number of aromatic nitrogens is 1. The molecule has 0 spiro atoms. The van der Waals surface area contributed by atoms with Crippen LogP contribution in [0.25, 0.3) is 0 Å². The van der Waals surface area contributed by atoms with E-state index < -0.39 is 0 Å². The van der Waals surface area contributed by atoms with Crippen molar-refractivity contribution in [3.8, 4) is 0 Å². The molecule has 1 N–H and O–H groups in total. The van der Waals surface area contributed by atoms with Gasteiger partial charge < -0.3 is 14.8 Å². The summed E-state index contributed by atoms with van der Waals surface area (Å²) in [4.78, 5) is 41.4. The second kappa shape index (κ2) is 8.92. The lowest BCUT2D eigenvalue weighted by atomic mass is 9.72. The minimum Gasteiger partial charge on any atom is -0.355 e. The third-order valence-electron chi connectivity index (χ3n) is 7.35. The maximum atomic E-state index is 13.1. The molecule has 2 amide bonds. The van der Waals surface area contributed by atoms with E-state index in [1.807, 2.05) is 17.9 Å². The molecular formula is C23H34N4O3. The van der Waals surface area contributed by atoms with E-state index in [0.29, 0.717) is 43.4 Å². The van der Waals surface area contributed by atoms with Gasteiger partial charge in [-0.25, -0.2) is 0 Å². The van der Waals surface area contributed by atoms with Gasteiger partial charge in [-0.1, -0.05) is 12.5 Å². The smallest absolute Gasteiger partial charge is 0.250 e. The van der Waals surface area contributed by atoms with Crippen LogP contribution in [-0.2, 0) is 16.1 Å². The zero-order chi connectivity index (χ0) is 21.3. The van der Waals surface area contributed by atoms with Crippen LogP contribution in [0.2, 0.25) is 0 Å². The fourth-order valence-electron chi connectivity index (χ4n) is 5.92. The highest BCUT2D eigenvalue weighted by Gasteiger charge is 2.47. The normalized spacial score (nSPS) is 28.7. The number of carbonyl (C=O) groups is 2. The van der Waals surface area contributed by atoms with Crippen molar-refractivity contribution in [3.05, 3.63) is 34.2 Å². The van der Waals surface area contributed by atoms with Crippen LogP contribution in [0.15, 0.2) is 23.0 Å². The molecule has 3 fully saturated rings. The number of aryl methyl sites for hydroxylation is 1. The number of hydrogen-bond donors (Lipinski definition) is 1. The molecule has 164 valence electrons. The summed E-state index contributed by atoms with van der Waals surface area (Å²) in [6.07, 6.45) is 5.16. The maximum absolute atomic E-state index is 13.1. The molecule has 3 aliphatic heterocycles. The van der Waals surface area contributed by atoms with E-state index in [0.717, 1.165) is 31.7 Å². The third-order valence-corrected chi connectivity index (χ3v) is 7.35. The molecule has 0 saturated carbocycles. The highest BCUT2D eigenvalue weighted by Crippen LogP contribution is 2.41. The van der Waals surface area contributed by atoms with Crippen LogP contribution in [0.3, 0.4) is 0 Å². The van der Waals surface area contributed by atoms with Gasteiger partial charge in [0.25, 0.3) is 5.56 Å². The average Bonchev–Trinajstić information content (AvgIpc) is 2.73. The Morgan fingerprint density at radius 3 is 2.73 bits per heavy atom. The lowest BCUT2D eigenvalue weighted by molar-refractivity contribution is -0.141. The fourth-order valence-corrected chi connectivity index (χ4v) is 5.92. The summed E-state index contributed by atoms with van der Waals surface area (Å²) in [5.41, 5.74) is 0.838. The molecule has 7 heteroatoms. The molecule has 0 radical (unpaired) electrons. The van der Waals surface area contributed by atoms with Crippen molar-refractivity contribution < 1.29 is 9.59 Å². The van der Waals surface area contributed by atoms with E-state index in [4.69, 9.17) is 0 Å². The van der Waals surface area contributed by atoms with E-state index in [1.165, 1.54) is 19.3 Å². The Morgan fingerprint density at radius 1 is 1.17 bits per heavy atom. The van der Waals surface area contributed by atoms with Crippen LogP contribution in [0.4, 0.5) is 0 Å². The predicted molar refractivity (Wildman–Crippen MR) is 115 cm³/mol. The first kappa shape index (κ1) is 21.1. The summed E-state index contributed by atoms with van der Waals surface area (Å²) in [6.45, 7) is 7.26. The number of pyridine rings is 1. The van der Waals surface area contributed by atoms with Crippen LogP contribution >= 0.6 is 0 Å². The third kappa shape index (κ3) is 4.31. The SMILES string of the molecule is CC(=O)NC[C@H]1[C@H]2C[C@H](CN(C(=O)CCn3c(C)cccc3=O)C2)[C@@H]2CCCCN21. The Hall–Kier alpha value is -2.15. The maximum Gasteiger partial charge on any atom is 0.250 e. The number of piperidine rings is 3. The van der Waals surface area contributed by atoms with Crippen molar-refractivity contribution in [2.75, 3.05) is 26.2 Å². The van der Waals surface area contributed by atoms with Gasteiger partial charge >= 0.3 is 0 Å². The number of nitrogens with one attached hydrogen (secondary N) is 1. The van der Waals surface area contributed by atoms with Crippen LogP contribution in [-0.4, -0.2) is 64.4 Å². The molecule has 0 aliphatic carbocycles. The van der Waals surface area contributed by atoms with Crippen LogP contribution < -0.4 is 10.9 Å². The molecule has 4 heterocycles. The number of amides is 2. The van der Waals surface area contributed by atoms with Crippen LogP contribution in [0, 0.1) is 18.8 Å². The zero-order valence-electron chi connectivity index (χ0n) is 18.2. The number of hydrogen-bond acceptors (Lipinski definition) is 4.